The molecule has 1 aliphatic rings. The molecular formula is C25H27N3O5. The fourth-order valence-electron chi connectivity index (χ4n) is 4.39. The SMILES string of the molecule is CCOC(=O)C(Cc1c[nH]c2ccccc12)NC1CCc2ccccc2N(CC(=O)O)C1=O. The lowest BCUT2D eigenvalue weighted by molar-refractivity contribution is -0.146. The molecule has 2 unspecified atom stereocenters. The predicted molar refractivity (Wildman–Crippen MR) is 124 cm³/mol. The summed E-state index contributed by atoms with van der Waals surface area (Å²) in [5, 5.41) is 13.6. The Morgan fingerprint density at radius 3 is 2.76 bits per heavy atom. The van der Waals surface area contributed by atoms with E-state index in [-0.39, 0.29) is 12.5 Å². The van der Waals surface area contributed by atoms with Crippen LogP contribution in [0.2, 0.25) is 0 Å². The summed E-state index contributed by atoms with van der Waals surface area (Å²) >= 11 is 0. The van der Waals surface area contributed by atoms with Crippen LogP contribution in [0.3, 0.4) is 0 Å². The van der Waals surface area contributed by atoms with Crippen molar-refractivity contribution in [3.05, 3.63) is 65.9 Å². The van der Waals surface area contributed by atoms with Crippen LogP contribution in [0.15, 0.2) is 54.7 Å². The summed E-state index contributed by atoms with van der Waals surface area (Å²) in [6.07, 6.45) is 3.21. The number of aryl methyl sites for hydroxylation is 1. The van der Waals surface area contributed by atoms with Gasteiger partial charge in [0.2, 0.25) is 5.91 Å². The van der Waals surface area contributed by atoms with Gasteiger partial charge in [-0.1, -0.05) is 36.4 Å². The molecule has 2 heterocycles. The molecule has 1 aliphatic heterocycles. The van der Waals surface area contributed by atoms with Gasteiger partial charge in [-0.05, 0) is 43.0 Å². The van der Waals surface area contributed by atoms with Crippen LogP contribution >= 0.6 is 0 Å². The first-order valence-electron chi connectivity index (χ1n) is 11.1. The van der Waals surface area contributed by atoms with Gasteiger partial charge in [0.05, 0.1) is 12.6 Å². The number of fused-ring (bicyclic) bond motifs is 2. The number of rotatable bonds is 8. The molecule has 0 spiro atoms. The third-order valence-corrected chi connectivity index (χ3v) is 5.91. The second-order valence-electron chi connectivity index (χ2n) is 8.07. The molecule has 3 N–H and O–H groups in total. The Hall–Kier alpha value is -3.65. The highest BCUT2D eigenvalue weighted by atomic mass is 16.5. The standard InChI is InChI=1S/C25H27N3O5/c1-2-33-25(32)21(13-17-14-26-19-9-5-4-8-18(17)19)27-20-12-11-16-7-3-6-10-22(16)28(24(20)31)15-23(29)30/h3-10,14,20-21,26-27H,2,11-13,15H2,1H3,(H,29,30). The fourth-order valence-corrected chi connectivity index (χ4v) is 4.39. The largest absolute Gasteiger partial charge is 0.480 e. The smallest absolute Gasteiger partial charge is 0.323 e. The molecular weight excluding hydrogens is 422 g/mol. The maximum absolute atomic E-state index is 13.4. The number of carboxylic acid groups (broad SMARTS) is 1. The lowest BCUT2D eigenvalue weighted by atomic mass is 10.0. The number of para-hydroxylation sites is 2. The number of benzene rings is 2. The molecule has 33 heavy (non-hydrogen) atoms. The van der Waals surface area contributed by atoms with Gasteiger partial charge in [-0.15, -0.1) is 0 Å². The summed E-state index contributed by atoms with van der Waals surface area (Å²) in [6, 6.07) is 13.6. The van der Waals surface area contributed by atoms with Crippen molar-refractivity contribution in [2.45, 2.75) is 38.3 Å². The molecule has 2 aromatic carbocycles. The van der Waals surface area contributed by atoms with Crippen LogP contribution in [0.4, 0.5) is 5.69 Å². The number of esters is 1. The van der Waals surface area contributed by atoms with Gasteiger partial charge in [-0.25, -0.2) is 0 Å². The van der Waals surface area contributed by atoms with E-state index in [1.165, 1.54) is 4.90 Å². The van der Waals surface area contributed by atoms with Crippen molar-refractivity contribution in [1.29, 1.82) is 0 Å². The van der Waals surface area contributed by atoms with E-state index in [9.17, 15) is 19.5 Å². The van der Waals surface area contributed by atoms with E-state index in [2.05, 4.69) is 10.3 Å². The molecule has 4 rings (SSSR count). The Bertz CT molecular complexity index is 1170. The van der Waals surface area contributed by atoms with Crippen LogP contribution in [0.1, 0.15) is 24.5 Å². The van der Waals surface area contributed by atoms with Crippen LogP contribution < -0.4 is 10.2 Å². The van der Waals surface area contributed by atoms with Gasteiger partial charge < -0.3 is 14.8 Å². The lowest BCUT2D eigenvalue weighted by Crippen LogP contribution is -2.53. The fraction of sp³-hybridized carbons (Fsp3) is 0.320. The number of aromatic nitrogens is 1. The minimum absolute atomic E-state index is 0.222. The number of aromatic amines is 1. The number of ether oxygens (including phenoxy) is 1. The minimum Gasteiger partial charge on any atom is -0.480 e. The van der Waals surface area contributed by atoms with E-state index in [0.29, 0.717) is 24.9 Å². The maximum Gasteiger partial charge on any atom is 0.323 e. The molecule has 172 valence electrons. The van der Waals surface area contributed by atoms with Crippen LogP contribution in [-0.4, -0.2) is 53.2 Å². The van der Waals surface area contributed by atoms with Crippen molar-refractivity contribution in [3.8, 4) is 0 Å². The van der Waals surface area contributed by atoms with Crippen molar-refractivity contribution in [3.63, 3.8) is 0 Å². The van der Waals surface area contributed by atoms with Gasteiger partial charge in [0.1, 0.15) is 12.6 Å². The Kier molecular flexibility index (Phi) is 6.74. The van der Waals surface area contributed by atoms with E-state index in [0.717, 1.165) is 22.0 Å². The first kappa shape index (κ1) is 22.5. The zero-order chi connectivity index (χ0) is 23.4. The van der Waals surface area contributed by atoms with E-state index in [1.807, 2.05) is 42.6 Å². The predicted octanol–water partition coefficient (Wildman–Crippen LogP) is 2.66. The second kappa shape index (κ2) is 9.87. The number of anilines is 1. The molecule has 0 bridgehead atoms. The molecule has 8 nitrogen and oxygen atoms in total. The number of hydrogen-bond acceptors (Lipinski definition) is 5. The highest BCUT2D eigenvalue weighted by Crippen LogP contribution is 2.27. The molecule has 0 saturated carbocycles. The monoisotopic (exact) mass is 449 g/mol. The van der Waals surface area contributed by atoms with Gasteiger partial charge in [0.25, 0.3) is 0 Å². The number of H-pyrrole nitrogens is 1. The molecule has 2 atom stereocenters. The lowest BCUT2D eigenvalue weighted by Gasteiger charge is -2.27. The van der Waals surface area contributed by atoms with Crippen LogP contribution in [0, 0.1) is 0 Å². The van der Waals surface area contributed by atoms with Crippen molar-refractivity contribution in [2.75, 3.05) is 18.1 Å². The average molecular weight is 450 g/mol. The van der Waals surface area contributed by atoms with E-state index >= 15 is 0 Å². The van der Waals surface area contributed by atoms with Crippen molar-refractivity contribution >= 4 is 34.4 Å². The van der Waals surface area contributed by atoms with Gasteiger partial charge in [-0.2, -0.15) is 0 Å². The summed E-state index contributed by atoms with van der Waals surface area (Å²) < 4.78 is 5.30. The summed E-state index contributed by atoms with van der Waals surface area (Å²) in [5.74, 6) is -1.91. The van der Waals surface area contributed by atoms with Crippen molar-refractivity contribution in [1.82, 2.24) is 10.3 Å². The Morgan fingerprint density at radius 2 is 1.97 bits per heavy atom. The second-order valence-corrected chi connectivity index (χ2v) is 8.07. The quantitative estimate of drug-likeness (QED) is 0.456. The van der Waals surface area contributed by atoms with Crippen molar-refractivity contribution < 1.29 is 24.2 Å². The van der Waals surface area contributed by atoms with Crippen LogP contribution in [0.25, 0.3) is 10.9 Å². The molecule has 0 aliphatic carbocycles. The number of carboxylic acids is 1. The molecule has 3 aromatic rings. The highest BCUT2D eigenvalue weighted by molar-refractivity contribution is 6.02. The van der Waals surface area contributed by atoms with E-state index in [4.69, 9.17) is 4.74 Å². The number of aliphatic carboxylic acids is 1. The molecule has 1 amide bonds. The number of carbonyl (C=O) groups is 3. The summed E-state index contributed by atoms with van der Waals surface area (Å²) in [7, 11) is 0. The number of amides is 1. The third-order valence-electron chi connectivity index (χ3n) is 5.91. The molecule has 0 radical (unpaired) electrons. The van der Waals surface area contributed by atoms with Crippen LogP contribution in [-0.2, 0) is 32.0 Å². The van der Waals surface area contributed by atoms with Gasteiger partial charge >= 0.3 is 11.9 Å². The first-order valence-corrected chi connectivity index (χ1v) is 11.1. The van der Waals surface area contributed by atoms with Crippen molar-refractivity contribution in [2.24, 2.45) is 0 Å². The summed E-state index contributed by atoms with van der Waals surface area (Å²) in [4.78, 5) is 42.2. The Labute approximate surface area is 191 Å². The molecule has 8 heteroatoms. The average Bonchev–Trinajstić information content (AvgIpc) is 3.16. The molecule has 0 fully saturated rings. The minimum atomic E-state index is -1.10. The topological polar surface area (TPSA) is 112 Å². The third kappa shape index (κ3) is 4.90. The zero-order valence-electron chi connectivity index (χ0n) is 18.4. The number of hydrogen-bond donors (Lipinski definition) is 3. The van der Waals surface area contributed by atoms with E-state index in [1.54, 1.807) is 19.1 Å². The normalized spacial score (nSPS) is 16.8. The Morgan fingerprint density at radius 1 is 1.21 bits per heavy atom. The van der Waals surface area contributed by atoms with E-state index < -0.39 is 30.6 Å². The first-order chi connectivity index (χ1) is 16.0. The molecule has 1 aromatic heterocycles. The summed E-state index contributed by atoms with van der Waals surface area (Å²) in [6.45, 7) is 1.52. The number of nitrogens with zero attached hydrogens (tertiary/aromatic N) is 1. The highest BCUT2D eigenvalue weighted by Gasteiger charge is 2.34. The zero-order valence-corrected chi connectivity index (χ0v) is 18.4. The molecule has 0 saturated heterocycles. The maximum atomic E-state index is 13.4. The van der Waals surface area contributed by atoms with Gasteiger partial charge in [-0.3, -0.25) is 24.6 Å². The van der Waals surface area contributed by atoms with Gasteiger partial charge in [0, 0.05) is 29.2 Å². The number of carbonyl (C=O) groups excluding carboxylic acids is 2. The summed E-state index contributed by atoms with van der Waals surface area (Å²) in [5.41, 5.74) is 3.39. The Balaban J connectivity index is 1.61. The van der Waals surface area contributed by atoms with Gasteiger partial charge in [0.15, 0.2) is 0 Å². The number of nitrogens with one attached hydrogen (secondary N) is 2. The van der Waals surface area contributed by atoms with Crippen LogP contribution in [0.5, 0.6) is 0 Å².